The number of hydrogen-bond donors (Lipinski definition) is 0. The van der Waals surface area contributed by atoms with Gasteiger partial charge in [0.1, 0.15) is 16.9 Å². The number of methoxy groups -OCH3 is 2. The second-order valence-corrected chi connectivity index (χ2v) is 4.17. The van der Waals surface area contributed by atoms with Gasteiger partial charge in [0.25, 0.3) is 0 Å². The minimum atomic E-state index is -4.80. The Morgan fingerprint density at radius 2 is 1.81 bits per heavy atom. The van der Waals surface area contributed by atoms with Crippen LogP contribution >= 0.6 is 0 Å². The van der Waals surface area contributed by atoms with Crippen LogP contribution in [-0.4, -0.2) is 24.3 Å². The molecule has 0 bridgehead atoms. The molecule has 0 aliphatic heterocycles. The molecule has 1 unspecified atom stereocenters. The number of ether oxygens (including phenoxy) is 2. The molecular formula is C9H9F3O3S. The van der Waals surface area contributed by atoms with E-state index in [-0.39, 0.29) is 5.75 Å². The van der Waals surface area contributed by atoms with Crippen molar-refractivity contribution in [1.82, 2.24) is 0 Å². The van der Waals surface area contributed by atoms with Crippen molar-refractivity contribution in [1.29, 1.82) is 0 Å². The molecule has 0 heterocycles. The van der Waals surface area contributed by atoms with Crippen LogP contribution in [0.15, 0.2) is 23.1 Å². The Bertz CT molecular complexity index is 368. The van der Waals surface area contributed by atoms with Crippen LogP contribution in [0.5, 0.6) is 11.5 Å². The molecular weight excluding hydrogens is 245 g/mol. The maximum absolute atomic E-state index is 12.2. The lowest BCUT2D eigenvalue weighted by Gasteiger charge is -2.15. The first-order chi connectivity index (χ1) is 7.40. The first-order valence-corrected chi connectivity index (χ1v) is 5.25. The number of alkyl halides is 3. The molecule has 1 atom stereocenters. The molecule has 0 spiro atoms. The molecule has 1 rings (SSSR count). The molecule has 16 heavy (non-hydrogen) atoms. The van der Waals surface area contributed by atoms with Crippen LogP contribution in [0.4, 0.5) is 13.2 Å². The first-order valence-electron chi connectivity index (χ1n) is 4.10. The molecule has 3 nitrogen and oxygen atoms in total. The molecule has 0 aliphatic carbocycles. The number of benzene rings is 1. The average molecular weight is 254 g/mol. The maximum Gasteiger partial charge on any atom is 0.578 e. The molecule has 0 saturated heterocycles. The molecule has 1 aromatic rings. The van der Waals surface area contributed by atoms with Crippen LogP contribution in [0, 0.1) is 0 Å². The van der Waals surface area contributed by atoms with Crippen molar-refractivity contribution in [2.75, 3.05) is 14.2 Å². The van der Waals surface area contributed by atoms with Gasteiger partial charge in [-0.05, 0) is 6.07 Å². The number of halogens is 3. The smallest absolute Gasteiger partial charge is 0.578 e. The van der Waals surface area contributed by atoms with E-state index in [1.54, 1.807) is 0 Å². The van der Waals surface area contributed by atoms with Crippen LogP contribution in [0.25, 0.3) is 0 Å². The van der Waals surface area contributed by atoms with Gasteiger partial charge < -0.3 is 14.0 Å². The Labute approximate surface area is 93.3 Å². The minimum Gasteiger partial charge on any atom is -0.604 e. The third-order valence-electron chi connectivity index (χ3n) is 1.78. The van der Waals surface area contributed by atoms with Crippen LogP contribution in [-0.2, 0) is 11.2 Å². The van der Waals surface area contributed by atoms with E-state index >= 15 is 0 Å². The summed E-state index contributed by atoms with van der Waals surface area (Å²) in [5.74, 6) is 0.217. The fourth-order valence-electron chi connectivity index (χ4n) is 1.05. The lowest BCUT2D eigenvalue weighted by Crippen LogP contribution is -2.23. The zero-order chi connectivity index (χ0) is 12.3. The molecule has 0 N–H and O–H groups in total. The summed E-state index contributed by atoms with van der Waals surface area (Å²) in [4.78, 5) is -0.421. The molecule has 0 aromatic heterocycles. The standard InChI is InChI=1S/C9H9F3O3S/c1-14-6-3-4-8(7(5-6)15-2)16(13)9(10,11)12/h3-5H,1-2H3. The highest BCUT2D eigenvalue weighted by Gasteiger charge is 2.47. The van der Waals surface area contributed by atoms with Crippen molar-refractivity contribution in [3.05, 3.63) is 18.2 Å². The van der Waals surface area contributed by atoms with E-state index in [0.29, 0.717) is 5.75 Å². The SMILES string of the molecule is COc1ccc([S+]([O-])C(F)(F)F)c(OC)c1. The Kier molecular flexibility index (Phi) is 3.93. The van der Waals surface area contributed by atoms with Gasteiger partial charge in [0, 0.05) is 12.1 Å². The Balaban J connectivity index is 3.14. The maximum atomic E-state index is 12.2. The summed E-state index contributed by atoms with van der Waals surface area (Å²) >= 11 is -3.10. The summed E-state index contributed by atoms with van der Waals surface area (Å²) in [6.45, 7) is 0. The molecule has 0 amide bonds. The van der Waals surface area contributed by atoms with E-state index in [4.69, 9.17) is 9.47 Å². The molecule has 1 aromatic carbocycles. The molecule has 90 valence electrons. The summed E-state index contributed by atoms with van der Waals surface area (Å²) in [5, 5.41) is 0. The quantitative estimate of drug-likeness (QED) is 0.777. The largest absolute Gasteiger partial charge is 0.604 e. The summed E-state index contributed by atoms with van der Waals surface area (Å²) in [6, 6.07) is 3.61. The van der Waals surface area contributed by atoms with Crippen molar-refractivity contribution in [2.45, 2.75) is 10.4 Å². The Morgan fingerprint density at radius 3 is 2.25 bits per heavy atom. The molecule has 0 aliphatic rings. The van der Waals surface area contributed by atoms with Gasteiger partial charge >= 0.3 is 5.51 Å². The summed E-state index contributed by atoms with van der Waals surface area (Å²) in [5.41, 5.74) is -4.80. The number of rotatable bonds is 3. The first kappa shape index (κ1) is 13.0. The molecule has 7 heteroatoms. The van der Waals surface area contributed by atoms with Gasteiger partial charge in [0.15, 0.2) is 5.75 Å². The van der Waals surface area contributed by atoms with Gasteiger partial charge in [0.05, 0.1) is 14.2 Å². The second kappa shape index (κ2) is 4.84. The number of hydrogen-bond acceptors (Lipinski definition) is 3. The van der Waals surface area contributed by atoms with Gasteiger partial charge in [-0.2, -0.15) is 0 Å². The Morgan fingerprint density at radius 1 is 1.19 bits per heavy atom. The topological polar surface area (TPSA) is 41.5 Å². The van der Waals surface area contributed by atoms with Gasteiger partial charge in [-0.25, -0.2) is 0 Å². The van der Waals surface area contributed by atoms with Crippen LogP contribution in [0.2, 0.25) is 0 Å². The van der Waals surface area contributed by atoms with Crippen LogP contribution in [0.3, 0.4) is 0 Å². The van der Waals surface area contributed by atoms with E-state index in [1.165, 1.54) is 26.4 Å². The average Bonchev–Trinajstić information content (AvgIpc) is 2.26. The van der Waals surface area contributed by atoms with Gasteiger partial charge in [-0.3, -0.25) is 0 Å². The zero-order valence-corrected chi connectivity index (χ0v) is 9.32. The molecule has 0 saturated carbocycles. The van der Waals surface area contributed by atoms with Crippen molar-refractivity contribution in [3.8, 4) is 11.5 Å². The van der Waals surface area contributed by atoms with E-state index in [9.17, 15) is 17.7 Å². The summed E-state index contributed by atoms with van der Waals surface area (Å²) in [7, 11) is 2.57. The Hall–Kier alpha value is -1.08. The lowest BCUT2D eigenvalue weighted by atomic mass is 10.3. The van der Waals surface area contributed by atoms with Crippen molar-refractivity contribution in [2.24, 2.45) is 0 Å². The van der Waals surface area contributed by atoms with E-state index in [2.05, 4.69) is 0 Å². The van der Waals surface area contributed by atoms with E-state index in [0.717, 1.165) is 6.07 Å². The zero-order valence-electron chi connectivity index (χ0n) is 8.50. The molecule has 0 radical (unpaired) electrons. The van der Waals surface area contributed by atoms with Crippen LogP contribution in [0.1, 0.15) is 0 Å². The predicted molar refractivity (Wildman–Crippen MR) is 52.0 cm³/mol. The van der Waals surface area contributed by atoms with Crippen molar-refractivity contribution in [3.63, 3.8) is 0 Å². The van der Waals surface area contributed by atoms with E-state index in [1.807, 2.05) is 0 Å². The fourth-order valence-corrected chi connectivity index (χ4v) is 1.82. The van der Waals surface area contributed by atoms with Crippen LogP contribution < -0.4 is 9.47 Å². The third-order valence-corrected chi connectivity index (χ3v) is 2.94. The van der Waals surface area contributed by atoms with Gasteiger partial charge in [0.2, 0.25) is 4.90 Å². The predicted octanol–water partition coefficient (Wildman–Crippen LogP) is 2.33. The highest BCUT2D eigenvalue weighted by molar-refractivity contribution is 7.92. The fraction of sp³-hybridized carbons (Fsp3) is 0.333. The lowest BCUT2D eigenvalue weighted by molar-refractivity contribution is -0.0436. The second-order valence-electron chi connectivity index (χ2n) is 2.73. The van der Waals surface area contributed by atoms with Gasteiger partial charge in [-0.1, -0.05) is 0 Å². The monoisotopic (exact) mass is 254 g/mol. The summed E-state index contributed by atoms with van der Waals surface area (Å²) < 4.78 is 57.4. The normalized spacial score (nSPS) is 13.4. The highest BCUT2D eigenvalue weighted by atomic mass is 32.2. The van der Waals surface area contributed by atoms with Crippen molar-refractivity contribution >= 4 is 11.2 Å². The molecule has 0 fully saturated rings. The van der Waals surface area contributed by atoms with Crippen molar-refractivity contribution < 1.29 is 27.2 Å². The van der Waals surface area contributed by atoms with E-state index < -0.39 is 21.6 Å². The minimum absolute atomic E-state index is 0.116. The highest BCUT2D eigenvalue weighted by Crippen LogP contribution is 2.36. The summed E-state index contributed by atoms with van der Waals surface area (Å²) in [6.07, 6.45) is 0. The third kappa shape index (κ3) is 2.73. The van der Waals surface area contributed by atoms with Gasteiger partial charge in [-0.15, -0.1) is 13.2 Å².